The maximum atomic E-state index is 12.2. The number of hydrogen-bond donors (Lipinski definition) is 0. The van der Waals surface area contributed by atoms with Crippen LogP contribution in [0.25, 0.3) is 0 Å². The molecule has 2 atom stereocenters. The van der Waals surface area contributed by atoms with Crippen LogP contribution in [0.3, 0.4) is 0 Å². The number of amides is 1. The Balaban J connectivity index is 1.62. The number of aromatic nitrogens is 1. The van der Waals surface area contributed by atoms with Crippen molar-refractivity contribution in [2.24, 2.45) is 5.92 Å². The topological polar surface area (TPSA) is 33.2 Å². The van der Waals surface area contributed by atoms with E-state index >= 15 is 0 Å². The monoisotopic (exact) mass is 230 g/mol. The lowest BCUT2D eigenvalue weighted by atomic mass is 10.1. The van der Waals surface area contributed by atoms with E-state index < -0.39 is 0 Å². The molecule has 0 N–H and O–H groups in total. The van der Waals surface area contributed by atoms with Crippen molar-refractivity contribution in [3.63, 3.8) is 0 Å². The van der Waals surface area contributed by atoms with Crippen molar-refractivity contribution in [1.82, 2.24) is 9.88 Å². The Kier molecular flexibility index (Phi) is 2.83. The Labute approximate surface area is 102 Å². The molecule has 2 heterocycles. The number of hydrogen-bond acceptors (Lipinski definition) is 2. The van der Waals surface area contributed by atoms with E-state index in [1.54, 1.807) is 0 Å². The normalized spacial score (nSPS) is 27.9. The summed E-state index contributed by atoms with van der Waals surface area (Å²) in [5.41, 5.74) is 1.09. The molecule has 0 radical (unpaired) electrons. The summed E-state index contributed by atoms with van der Waals surface area (Å²) in [6.07, 6.45) is 6.43. The van der Waals surface area contributed by atoms with Gasteiger partial charge in [-0.1, -0.05) is 6.07 Å². The van der Waals surface area contributed by atoms with Crippen molar-refractivity contribution in [1.29, 1.82) is 0 Å². The molecule has 3 rings (SSSR count). The molecular weight excluding hydrogens is 212 g/mol. The first-order chi connectivity index (χ1) is 8.36. The van der Waals surface area contributed by atoms with Crippen LogP contribution in [0, 0.1) is 5.92 Å². The molecule has 2 fully saturated rings. The molecule has 1 saturated carbocycles. The predicted molar refractivity (Wildman–Crippen MR) is 65.5 cm³/mol. The zero-order valence-electron chi connectivity index (χ0n) is 10.0. The maximum absolute atomic E-state index is 12.2. The van der Waals surface area contributed by atoms with Gasteiger partial charge in [-0.15, -0.1) is 0 Å². The fourth-order valence-corrected chi connectivity index (χ4v) is 2.74. The largest absolute Gasteiger partial charge is 0.342 e. The molecule has 1 saturated heterocycles. The van der Waals surface area contributed by atoms with Gasteiger partial charge in [0.15, 0.2) is 0 Å². The molecule has 1 aliphatic heterocycles. The number of carbonyl (C=O) groups excluding carboxylic acids is 1. The van der Waals surface area contributed by atoms with Gasteiger partial charge < -0.3 is 4.90 Å². The van der Waals surface area contributed by atoms with Gasteiger partial charge in [-0.05, 0) is 37.8 Å². The molecule has 1 aliphatic carbocycles. The molecule has 3 nitrogen and oxygen atoms in total. The van der Waals surface area contributed by atoms with E-state index in [2.05, 4.69) is 9.88 Å². The highest BCUT2D eigenvalue weighted by molar-refractivity contribution is 5.83. The van der Waals surface area contributed by atoms with E-state index in [0.717, 1.165) is 25.2 Å². The van der Waals surface area contributed by atoms with Gasteiger partial charge >= 0.3 is 0 Å². The minimum absolute atomic E-state index is 0.211. The fourth-order valence-electron chi connectivity index (χ4n) is 2.74. The average molecular weight is 230 g/mol. The summed E-state index contributed by atoms with van der Waals surface area (Å²) in [5.74, 6) is 0.953. The molecule has 1 aromatic rings. The molecule has 90 valence electrons. The zero-order valence-corrected chi connectivity index (χ0v) is 10.0. The molecule has 0 spiro atoms. The molecule has 17 heavy (non-hydrogen) atoms. The van der Waals surface area contributed by atoms with Gasteiger partial charge in [0.25, 0.3) is 0 Å². The van der Waals surface area contributed by atoms with E-state index in [0.29, 0.717) is 11.8 Å². The van der Waals surface area contributed by atoms with Crippen LogP contribution in [0.15, 0.2) is 24.4 Å². The Morgan fingerprint density at radius 2 is 2.06 bits per heavy atom. The number of nitrogens with zero attached hydrogens (tertiary/aromatic N) is 2. The van der Waals surface area contributed by atoms with E-state index in [1.165, 1.54) is 19.3 Å². The van der Waals surface area contributed by atoms with Crippen molar-refractivity contribution in [2.45, 2.75) is 31.6 Å². The minimum Gasteiger partial charge on any atom is -0.342 e. The zero-order chi connectivity index (χ0) is 11.7. The second-order valence-electron chi connectivity index (χ2n) is 5.09. The van der Waals surface area contributed by atoms with Gasteiger partial charge in [-0.2, -0.15) is 0 Å². The van der Waals surface area contributed by atoms with Crippen LogP contribution < -0.4 is 0 Å². The van der Waals surface area contributed by atoms with Gasteiger partial charge in [0.1, 0.15) is 0 Å². The second-order valence-corrected chi connectivity index (χ2v) is 5.09. The first kappa shape index (κ1) is 10.8. The molecule has 0 aromatic carbocycles. The van der Waals surface area contributed by atoms with Gasteiger partial charge in [-0.25, -0.2) is 0 Å². The smallest absolute Gasteiger partial charge is 0.226 e. The lowest BCUT2D eigenvalue weighted by molar-refractivity contribution is -0.133. The van der Waals surface area contributed by atoms with Crippen LogP contribution in [0.4, 0.5) is 0 Å². The SMILES string of the molecule is O=C(C1CC1c1ccccn1)N1CCCCC1. The van der Waals surface area contributed by atoms with Gasteiger partial charge in [0.2, 0.25) is 5.91 Å². The quantitative estimate of drug-likeness (QED) is 0.780. The summed E-state index contributed by atoms with van der Waals surface area (Å²) in [6, 6.07) is 5.96. The van der Waals surface area contributed by atoms with Crippen molar-refractivity contribution >= 4 is 5.91 Å². The van der Waals surface area contributed by atoms with Gasteiger partial charge in [0, 0.05) is 36.8 Å². The Bertz CT molecular complexity index is 398. The van der Waals surface area contributed by atoms with E-state index in [4.69, 9.17) is 0 Å². The lowest BCUT2D eigenvalue weighted by Crippen LogP contribution is -2.36. The maximum Gasteiger partial charge on any atom is 0.226 e. The molecule has 2 unspecified atom stereocenters. The number of piperidine rings is 1. The Morgan fingerprint density at radius 1 is 1.24 bits per heavy atom. The average Bonchev–Trinajstić information content (AvgIpc) is 3.20. The number of pyridine rings is 1. The van der Waals surface area contributed by atoms with Crippen molar-refractivity contribution < 1.29 is 4.79 Å². The molecule has 1 aromatic heterocycles. The van der Waals surface area contributed by atoms with Crippen LogP contribution >= 0.6 is 0 Å². The number of likely N-dealkylation sites (tertiary alicyclic amines) is 1. The van der Waals surface area contributed by atoms with Crippen LogP contribution in [-0.2, 0) is 4.79 Å². The lowest BCUT2D eigenvalue weighted by Gasteiger charge is -2.26. The highest BCUT2D eigenvalue weighted by atomic mass is 16.2. The van der Waals surface area contributed by atoms with E-state index in [1.807, 2.05) is 24.4 Å². The van der Waals surface area contributed by atoms with E-state index in [-0.39, 0.29) is 5.92 Å². The number of rotatable bonds is 2. The summed E-state index contributed by atoms with van der Waals surface area (Å²) < 4.78 is 0. The van der Waals surface area contributed by atoms with Crippen LogP contribution in [0.5, 0.6) is 0 Å². The summed E-state index contributed by atoms with van der Waals surface area (Å²) in [4.78, 5) is 18.6. The Morgan fingerprint density at radius 3 is 2.76 bits per heavy atom. The van der Waals surface area contributed by atoms with Crippen LogP contribution in [0.2, 0.25) is 0 Å². The summed E-state index contributed by atoms with van der Waals surface area (Å²) in [6.45, 7) is 1.93. The van der Waals surface area contributed by atoms with Crippen LogP contribution in [-0.4, -0.2) is 28.9 Å². The molecular formula is C14H18N2O. The first-order valence-electron chi connectivity index (χ1n) is 6.56. The number of carbonyl (C=O) groups is 1. The third kappa shape index (κ3) is 2.19. The van der Waals surface area contributed by atoms with Crippen molar-refractivity contribution in [2.75, 3.05) is 13.1 Å². The second kappa shape index (κ2) is 4.47. The minimum atomic E-state index is 0.211. The highest BCUT2D eigenvalue weighted by Gasteiger charge is 2.46. The molecule has 0 bridgehead atoms. The van der Waals surface area contributed by atoms with Crippen molar-refractivity contribution in [3.05, 3.63) is 30.1 Å². The van der Waals surface area contributed by atoms with E-state index in [9.17, 15) is 4.79 Å². The highest BCUT2D eigenvalue weighted by Crippen LogP contribution is 2.47. The standard InChI is InChI=1S/C14H18N2O/c17-14(16-8-4-1-5-9-16)12-10-11(12)13-6-2-3-7-15-13/h2-3,6-7,11-12H,1,4-5,8-10H2. The third-order valence-corrected chi connectivity index (χ3v) is 3.84. The van der Waals surface area contributed by atoms with Gasteiger partial charge in [0.05, 0.1) is 0 Å². The summed E-state index contributed by atoms with van der Waals surface area (Å²) in [7, 11) is 0. The van der Waals surface area contributed by atoms with Crippen molar-refractivity contribution in [3.8, 4) is 0 Å². The first-order valence-corrected chi connectivity index (χ1v) is 6.56. The molecule has 1 amide bonds. The third-order valence-electron chi connectivity index (χ3n) is 3.84. The van der Waals surface area contributed by atoms with Crippen LogP contribution in [0.1, 0.15) is 37.3 Å². The Hall–Kier alpha value is -1.38. The molecule has 2 aliphatic rings. The predicted octanol–water partition coefficient (Wildman–Crippen LogP) is 2.20. The fraction of sp³-hybridized carbons (Fsp3) is 0.571. The summed E-state index contributed by atoms with van der Waals surface area (Å²) >= 11 is 0. The summed E-state index contributed by atoms with van der Waals surface area (Å²) in [5, 5.41) is 0. The van der Waals surface area contributed by atoms with Gasteiger partial charge in [-0.3, -0.25) is 9.78 Å². The molecule has 3 heteroatoms.